The zero-order valence-corrected chi connectivity index (χ0v) is 17.5. The van der Waals surface area contributed by atoms with E-state index < -0.39 is 0 Å². The van der Waals surface area contributed by atoms with Gasteiger partial charge in [-0.25, -0.2) is 9.37 Å². The van der Waals surface area contributed by atoms with Crippen molar-refractivity contribution < 1.29 is 13.6 Å². The van der Waals surface area contributed by atoms with Crippen LogP contribution < -0.4 is 15.2 Å². The quantitative estimate of drug-likeness (QED) is 0.739. The smallest absolute Gasteiger partial charge is 0.229 e. The van der Waals surface area contributed by atoms with Crippen LogP contribution >= 0.6 is 23.1 Å². The van der Waals surface area contributed by atoms with Gasteiger partial charge in [0.2, 0.25) is 17.7 Å². The highest BCUT2D eigenvalue weighted by molar-refractivity contribution is 8.12. The van der Waals surface area contributed by atoms with Crippen LogP contribution in [-0.2, 0) is 17.6 Å². The molecule has 0 bridgehead atoms. The topological polar surface area (TPSA) is 93.3 Å². The van der Waals surface area contributed by atoms with Gasteiger partial charge in [0.1, 0.15) is 17.3 Å². The Kier molecular flexibility index (Phi) is 4.78. The van der Waals surface area contributed by atoms with E-state index in [0.717, 1.165) is 23.6 Å². The summed E-state index contributed by atoms with van der Waals surface area (Å²) in [6.07, 6.45) is 4.99. The van der Waals surface area contributed by atoms with Crippen molar-refractivity contribution >= 4 is 46.5 Å². The van der Waals surface area contributed by atoms with E-state index in [1.54, 1.807) is 11.8 Å². The monoisotopic (exact) mass is 433 g/mol. The third-order valence-corrected chi connectivity index (χ3v) is 7.31. The number of halogens is 1. The van der Waals surface area contributed by atoms with Gasteiger partial charge in [-0.2, -0.15) is 0 Å². The summed E-state index contributed by atoms with van der Waals surface area (Å²) in [6, 6.07) is -0.00232. The van der Waals surface area contributed by atoms with E-state index >= 15 is 4.39 Å². The lowest BCUT2D eigenvalue weighted by molar-refractivity contribution is -0.121. The lowest BCUT2D eigenvalue weighted by Crippen LogP contribution is -2.35. The van der Waals surface area contributed by atoms with E-state index in [4.69, 9.17) is 4.42 Å². The van der Waals surface area contributed by atoms with Crippen LogP contribution in [0, 0.1) is 5.92 Å². The van der Waals surface area contributed by atoms with Gasteiger partial charge in [0, 0.05) is 17.2 Å². The lowest BCUT2D eigenvalue weighted by Gasteiger charge is -2.19. The summed E-state index contributed by atoms with van der Waals surface area (Å²) in [4.78, 5) is 21.0. The molecule has 2 aromatic heterocycles. The van der Waals surface area contributed by atoms with Gasteiger partial charge in [-0.15, -0.1) is 33.3 Å². The number of aliphatic imine (C=N–C) groups is 1. The molecule has 10 heteroatoms. The third kappa shape index (κ3) is 4.00. The Labute approximate surface area is 174 Å². The molecule has 3 heterocycles. The van der Waals surface area contributed by atoms with Gasteiger partial charge in [-0.1, -0.05) is 6.08 Å². The first-order chi connectivity index (χ1) is 14.0. The molecular weight excluding hydrogens is 413 g/mol. The molecule has 0 aromatic carbocycles. The summed E-state index contributed by atoms with van der Waals surface area (Å²) in [5, 5.41) is 12.3. The molecule has 7 nitrogen and oxygen atoms in total. The van der Waals surface area contributed by atoms with E-state index in [0.29, 0.717) is 28.6 Å². The molecule has 2 atom stereocenters. The standard InChI is InChI=1S/C19H20FN5O2S2/c1-19(4-5-19)23-13(26)6-14-24-25-15(27-14)7-16-22-11-3-2-10(12-8-28-9-21-12)17(20)18(11)29-16/h3,9-10,12H,2,4-8H2,1H3,(H,23,26). The first-order valence-electron chi connectivity index (χ1n) is 9.60. The van der Waals surface area contributed by atoms with Crippen LogP contribution in [-0.4, -0.2) is 44.0 Å². The van der Waals surface area contributed by atoms with Crippen molar-refractivity contribution in [2.45, 2.75) is 50.6 Å². The maximum atomic E-state index is 15.0. The minimum Gasteiger partial charge on any atom is -0.424 e. The maximum absolute atomic E-state index is 15.0. The molecule has 29 heavy (non-hydrogen) atoms. The summed E-state index contributed by atoms with van der Waals surface area (Å²) in [7, 11) is 0. The average Bonchev–Trinajstić information content (AvgIpc) is 3.12. The fraction of sp³-hybridized carbons (Fsp3) is 0.526. The number of rotatable bonds is 6. The van der Waals surface area contributed by atoms with E-state index in [2.05, 4.69) is 25.5 Å². The molecular formula is C19H20FN5O2S2. The number of carbonyl (C=O) groups is 1. The second-order valence-corrected chi connectivity index (χ2v) is 9.88. The first kappa shape index (κ1) is 18.9. The van der Waals surface area contributed by atoms with Crippen molar-refractivity contribution in [1.29, 1.82) is 0 Å². The number of thioether (sulfide) groups is 1. The van der Waals surface area contributed by atoms with Crippen molar-refractivity contribution in [2.24, 2.45) is 10.9 Å². The van der Waals surface area contributed by atoms with E-state index in [1.165, 1.54) is 11.3 Å². The fourth-order valence-electron chi connectivity index (χ4n) is 3.52. The number of carbonyl (C=O) groups excluding carboxylic acids is 1. The van der Waals surface area contributed by atoms with Crippen molar-refractivity contribution in [3.05, 3.63) is 26.7 Å². The van der Waals surface area contributed by atoms with Gasteiger partial charge in [0.05, 0.1) is 27.9 Å². The van der Waals surface area contributed by atoms with Gasteiger partial charge in [-0.05, 0) is 26.2 Å². The average molecular weight is 434 g/mol. The molecule has 0 radical (unpaired) electrons. The Bertz CT molecular complexity index is 1100. The largest absolute Gasteiger partial charge is 0.424 e. The minimum atomic E-state index is -0.205. The van der Waals surface area contributed by atoms with Gasteiger partial charge >= 0.3 is 0 Å². The molecule has 152 valence electrons. The van der Waals surface area contributed by atoms with Crippen molar-refractivity contribution in [2.75, 3.05) is 5.75 Å². The molecule has 0 saturated heterocycles. The van der Waals surface area contributed by atoms with Crippen LogP contribution in [0.5, 0.6) is 0 Å². The van der Waals surface area contributed by atoms with Gasteiger partial charge in [-0.3, -0.25) is 9.79 Å². The van der Waals surface area contributed by atoms with Gasteiger partial charge in [0.15, 0.2) is 0 Å². The summed E-state index contributed by atoms with van der Waals surface area (Å²) in [6.45, 7) is 2.02. The number of amides is 1. The van der Waals surface area contributed by atoms with Crippen molar-refractivity contribution in [1.82, 2.24) is 20.5 Å². The van der Waals surface area contributed by atoms with Gasteiger partial charge in [0.25, 0.3) is 0 Å². The van der Waals surface area contributed by atoms with E-state index in [-0.39, 0.29) is 41.5 Å². The highest BCUT2D eigenvalue weighted by Crippen LogP contribution is 2.34. The molecule has 1 fully saturated rings. The molecule has 1 aliphatic heterocycles. The second kappa shape index (κ2) is 7.32. The molecule has 5 rings (SSSR count). The summed E-state index contributed by atoms with van der Waals surface area (Å²) < 4.78 is 21.2. The number of nitrogens with zero attached hydrogens (tertiary/aromatic N) is 4. The highest BCUT2D eigenvalue weighted by atomic mass is 32.2. The predicted octanol–water partition coefficient (Wildman–Crippen LogP) is 1.35. The van der Waals surface area contributed by atoms with Crippen molar-refractivity contribution in [3.8, 4) is 0 Å². The Morgan fingerprint density at radius 3 is 2.97 bits per heavy atom. The summed E-state index contributed by atoms with van der Waals surface area (Å²) in [5.74, 6) is 1.05. The highest BCUT2D eigenvalue weighted by Gasteiger charge is 2.38. The number of hydrogen-bond acceptors (Lipinski definition) is 8. The van der Waals surface area contributed by atoms with Crippen LogP contribution in [0.25, 0.3) is 11.9 Å². The number of fused-ring (bicyclic) bond motifs is 1. The lowest BCUT2D eigenvalue weighted by atomic mass is 9.93. The number of aromatic nitrogens is 3. The Morgan fingerprint density at radius 2 is 2.21 bits per heavy atom. The number of hydrogen-bond donors (Lipinski definition) is 1. The second-order valence-electron chi connectivity index (χ2n) is 7.92. The normalized spacial score (nSPS) is 24.3. The molecule has 1 amide bonds. The van der Waals surface area contributed by atoms with E-state index in [1.807, 2.05) is 18.5 Å². The summed E-state index contributed by atoms with van der Waals surface area (Å²) >= 11 is 2.94. The van der Waals surface area contributed by atoms with Gasteiger partial charge < -0.3 is 9.73 Å². The summed E-state index contributed by atoms with van der Waals surface area (Å²) in [5.41, 5.74) is 1.74. The molecule has 1 N–H and O–H groups in total. The molecule has 3 aliphatic rings. The van der Waals surface area contributed by atoms with E-state index in [9.17, 15) is 4.79 Å². The molecule has 2 aliphatic carbocycles. The fourth-order valence-corrected chi connectivity index (χ4v) is 5.42. The zero-order valence-electron chi connectivity index (χ0n) is 15.9. The van der Waals surface area contributed by atoms with Crippen LogP contribution in [0.3, 0.4) is 0 Å². The van der Waals surface area contributed by atoms with Crippen LogP contribution in [0.1, 0.15) is 43.0 Å². The molecule has 0 spiro atoms. The molecule has 2 unspecified atom stereocenters. The van der Waals surface area contributed by atoms with Crippen LogP contribution in [0.2, 0.25) is 0 Å². The molecule has 1 saturated carbocycles. The van der Waals surface area contributed by atoms with Crippen LogP contribution in [0.4, 0.5) is 4.39 Å². The Morgan fingerprint density at radius 1 is 1.38 bits per heavy atom. The number of nitrogens with one attached hydrogen (secondary N) is 1. The zero-order chi connectivity index (χ0) is 20.0. The Balaban J connectivity index is 1.29. The van der Waals surface area contributed by atoms with Crippen LogP contribution in [0.15, 0.2) is 9.41 Å². The molecule has 2 aromatic rings. The minimum absolute atomic E-state index is 0.00232. The Hall–Kier alpha value is -2.07. The SMILES string of the molecule is CC1(NC(=O)Cc2nnc(Cc3nc4c(s3)=C(F)C(C3CSC=N3)CC=4)o2)CC1. The third-order valence-electron chi connectivity index (χ3n) is 5.43. The predicted molar refractivity (Wildman–Crippen MR) is 110 cm³/mol. The first-order valence-corrected chi connectivity index (χ1v) is 11.5. The number of thiazole rings is 1. The van der Waals surface area contributed by atoms with Crippen molar-refractivity contribution in [3.63, 3.8) is 0 Å². The maximum Gasteiger partial charge on any atom is 0.229 e.